The average molecular weight is 276 g/mol. The molecule has 20 heavy (non-hydrogen) atoms. The smallest absolute Gasteiger partial charge is 0.230 e. The molecule has 0 aromatic heterocycles. The number of hydrogen-bond acceptors (Lipinski definition) is 3. The van der Waals surface area contributed by atoms with Crippen molar-refractivity contribution in [2.75, 3.05) is 12.4 Å². The van der Waals surface area contributed by atoms with Crippen molar-refractivity contribution in [1.82, 2.24) is 5.32 Å². The van der Waals surface area contributed by atoms with Crippen LogP contribution in [-0.4, -0.2) is 25.2 Å². The molecule has 4 nitrogen and oxygen atoms in total. The Labute approximate surface area is 120 Å². The predicted molar refractivity (Wildman–Crippen MR) is 80.5 cm³/mol. The van der Waals surface area contributed by atoms with E-state index in [-0.39, 0.29) is 30.0 Å². The van der Waals surface area contributed by atoms with Gasteiger partial charge in [0.25, 0.3) is 0 Å². The summed E-state index contributed by atoms with van der Waals surface area (Å²) in [5.41, 5.74) is 1.97. The van der Waals surface area contributed by atoms with Crippen molar-refractivity contribution < 1.29 is 9.53 Å². The highest BCUT2D eigenvalue weighted by atomic mass is 16.5. The number of carbonyl (C=O) groups excluding carboxylic acids is 1. The van der Waals surface area contributed by atoms with Crippen LogP contribution in [0.4, 0.5) is 5.69 Å². The molecule has 1 aromatic rings. The van der Waals surface area contributed by atoms with Crippen molar-refractivity contribution in [1.29, 1.82) is 0 Å². The second-order valence-electron chi connectivity index (χ2n) is 5.61. The molecule has 0 aliphatic carbocycles. The van der Waals surface area contributed by atoms with Crippen LogP contribution in [0, 0.1) is 11.8 Å². The lowest BCUT2D eigenvalue weighted by atomic mass is 9.88. The molecule has 0 saturated carbocycles. The first-order chi connectivity index (χ1) is 9.54. The molecule has 1 aliphatic rings. The first kappa shape index (κ1) is 15.0. The molecular formula is C16H24N2O2. The number of carbonyl (C=O) groups is 1. The molecule has 4 unspecified atom stereocenters. The Bertz CT molecular complexity index is 475. The molecule has 1 aromatic carbocycles. The van der Waals surface area contributed by atoms with E-state index in [0.29, 0.717) is 0 Å². The van der Waals surface area contributed by atoms with E-state index in [4.69, 9.17) is 4.74 Å². The van der Waals surface area contributed by atoms with Gasteiger partial charge in [0.1, 0.15) is 0 Å². The monoisotopic (exact) mass is 276 g/mol. The number of amides is 1. The Morgan fingerprint density at radius 2 is 1.90 bits per heavy atom. The molecule has 1 fully saturated rings. The molecule has 1 saturated heterocycles. The zero-order valence-electron chi connectivity index (χ0n) is 12.6. The summed E-state index contributed by atoms with van der Waals surface area (Å²) in [6, 6.07) is 7.88. The van der Waals surface area contributed by atoms with E-state index < -0.39 is 0 Å². The number of ether oxygens (including phenoxy) is 1. The number of benzene rings is 1. The van der Waals surface area contributed by atoms with Crippen LogP contribution in [0.1, 0.15) is 26.3 Å². The van der Waals surface area contributed by atoms with E-state index in [1.54, 1.807) is 0 Å². The summed E-state index contributed by atoms with van der Waals surface area (Å²) in [7, 11) is 1.90. The van der Waals surface area contributed by atoms with Gasteiger partial charge in [0, 0.05) is 12.2 Å². The number of hydrogen-bond donors (Lipinski definition) is 2. The van der Waals surface area contributed by atoms with Gasteiger partial charge in [-0.2, -0.15) is 0 Å². The molecule has 1 aliphatic heterocycles. The van der Waals surface area contributed by atoms with Gasteiger partial charge < -0.3 is 15.4 Å². The SMILES string of the molecule is CNCc1ccccc1NC(=O)C1C(C)OC(C)C1C. The first-order valence-corrected chi connectivity index (χ1v) is 7.23. The fourth-order valence-electron chi connectivity index (χ4n) is 2.92. The Kier molecular flexibility index (Phi) is 4.78. The standard InChI is InChI=1S/C16H24N2O2/c1-10-11(2)20-12(3)15(10)16(19)18-14-8-6-5-7-13(14)9-17-4/h5-8,10-12,15,17H,9H2,1-4H3,(H,18,19). The van der Waals surface area contributed by atoms with Gasteiger partial charge in [0.2, 0.25) is 5.91 Å². The van der Waals surface area contributed by atoms with Crippen LogP contribution >= 0.6 is 0 Å². The Morgan fingerprint density at radius 3 is 2.50 bits per heavy atom. The van der Waals surface area contributed by atoms with Gasteiger partial charge in [-0.1, -0.05) is 25.1 Å². The van der Waals surface area contributed by atoms with Gasteiger partial charge in [-0.05, 0) is 38.4 Å². The summed E-state index contributed by atoms with van der Waals surface area (Å²) in [6.07, 6.45) is 0.102. The minimum Gasteiger partial charge on any atom is -0.374 e. The largest absolute Gasteiger partial charge is 0.374 e. The van der Waals surface area contributed by atoms with Crippen LogP contribution in [0.2, 0.25) is 0 Å². The van der Waals surface area contributed by atoms with Crippen LogP contribution < -0.4 is 10.6 Å². The lowest BCUT2D eigenvalue weighted by molar-refractivity contribution is -0.121. The maximum Gasteiger partial charge on any atom is 0.230 e. The Hall–Kier alpha value is -1.39. The second-order valence-corrected chi connectivity index (χ2v) is 5.61. The van der Waals surface area contributed by atoms with E-state index >= 15 is 0 Å². The van der Waals surface area contributed by atoms with Gasteiger partial charge in [0.05, 0.1) is 18.1 Å². The fraction of sp³-hybridized carbons (Fsp3) is 0.562. The van der Waals surface area contributed by atoms with Gasteiger partial charge >= 0.3 is 0 Å². The molecule has 1 amide bonds. The zero-order chi connectivity index (χ0) is 14.7. The number of para-hydroxylation sites is 1. The average Bonchev–Trinajstić information content (AvgIpc) is 2.66. The van der Waals surface area contributed by atoms with Crippen molar-refractivity contribution in [3.63, 3.8) is 0 Å². The van der Waals surface area contributed by atoms with E-state index in [9.17, 15) is 4.79 Å². The molecule has 2 rings (SSSR count). The zero-order valence-corrected chi connectivity index (χ0v) is 12.6. The van der Waals surface area contributed by atoms with Crippen LogP contribution in [0.5, 0.6) is 0 Å². The maximum absolute atomic E-state index is 12.5. The van der Waals surface area contributed by atoms with Crippen molar-refractivity contribution in [3.05, 3.63) is 29.8 Å². The first-order valence-electron chi connectivity index (χ1n) is 7.23. The van der Waals surface area contributed by atoms with Crippen molar-refractivity contribution in [2.24, 2.45) is 11.8 Å². The summed E-state index contributed by atoms with van der Waals surface area (Å²) in [5.74, 6) is 0.201. The summed E-state index contributed by atoms with van der Waals surface area (Å²) < 4.78 is 5.75. The molecule has 110 valence electrons. The quantitative estimate of drug-likeness (QED) is 0.888. The van der Waals surface area contributed by atoms with E-state index in [1.165, 1.54) is 0 Å². The normalized spacial score (nSPS) is 29.4. The number of nitrogens with one attached hydrogen (secondary N) is 2. The van der Waals surface area contributed by atoms with Gasteiger partial charge in [-0.25, -0.2) is 0 Å². The Balaban J connectivity index is 2.12. The van der Waals surface area contributed by atoms with Crippen LogP contribution in [-0.2, 0) is 16.1 Å². The molecule has 2 N–H and O–H groups in total. The number of anilines is 1. The van der Waals surface area contributed by atoms with E-state index in [2.05, 4.69) is 17.6 Å². The summed E-state index contributed by atoms with van der Waals surface area (Å²) >= 11 is 0. The van der Waals surface area contributed by atoms with E-state index in [1.807, 2.05) is 45.2 Å². The molecule has 4 heteroatoms. The van der Waals surface area contributed by atoms with Gasteiger partial charge in [-0.15, -0.1) is 0 Å². The predicted octanol–water partition coefficient (Wildman–Crippen LogP) is 2.40. The minimum absolute atomic E-state index is 0.0311. The van der Waals surface area contributed by atoms with Crippen LogP contribution in [0.15, 0.2) is 24.3 Å². The van der Waals surface area contributed by atoms with Crippen LogP contribution in [0.3, 0.4) is 0 Å². The van der Waals surface area contributed by atoms with Gasteiger partial charge in [-0.3, -0.25) is 4.79 Å². The maximum atomic E-state index is 12.5. The summed E-state index contributed by atoms with van der Waals surface area (Å²) in [4.78, 5) is 12.5. The molecule has 4 atom stereocenters. The fourth-order valence-corrected chi connectivity index (χ4v) is 2.92. The summed E-state index contributed by atoms with van der Waals surface area (Å²) in [6.45, 7) is 6.82. The highest BCUT2D eigenvalue weighted by Crippen LogP contribution is 2.33. The lowest BCUT2D eigenvalue weighted by Gasteiger charge is -2.19. The third-order valence-electron chi connectivity index (χ3n) is 4.19. The molecule has 0 bridgehead atoms. The molecule has 0 spiro atoms. The summed E-state index contributed by atoms with van der Waals surface area (Å²) in [5, 5.41) is 6.18. The second kappa shape index (κ2) is 6.37. The Morgan fingerprint density at radius 1 is 1.20 bits per heavy atom. The van der Waals surface area contributed by atoms with Gasteiger partial charge in [0.15, 0.2) is 0 Å². The highest BCUT2D eigenvalue weighted by molar-refractivity contribution is 5.94. The number of rotatable bonds is 4. The molecular weight excluding hydrogens is 252 g/mol. The van der Waals surface area contributed by atoms with E-state index in [0.717, 1.165) is 17.8 Å². The van der Waals surface area contributed by atoms with Crippen molar-refractivity contribution in [2.45, 2.75) is 39.5 Å². The van der Waals surface area contributed by atoms with Crippen molar-refractivity contribution >= 4 is 11.6 Å². The molecule has 0 radical (unpaired) electrons. The van der Waals surface area contributed by atoms with Crippen LogP contribution in [0.25, 0.3) is 0 Å². The molecule has 1 heterocycles. The highest BCUT2D eigenvalue weighted by Gasteiger charge is 2.41. The third-order valence-corrected chi connectivity index (χ3v) is 4.19. The topological polar surface area (TPSA) is 50.4 Å². The van der Waals surface area contributed by atoms with Crippen molar-refractivity contribution in [3.8, 4) is 0 Å². The lowest BCUT2D eigenvalue weighted by Crippen LogP contribution is -2.32. The minimum atomic E-state index is -0.0901. The third kappa shape index (κ3) is 3.02.